The van der Waals surface area contributed by atoms with Crippen molar-refractivity contribution in [1.29, 1.82) is 0 Å². The van der Waals surface area contributed by atoms with Gasteiger partial charge in [-0.05, 0) is 44.6 Å². The van der Waals surface area contributed by atoms with Gasteiger partial charge in [-0.1, -0.05) is 0 Å². The first-order chi connectivity index (χ1) is 9.72. The monoisotopic (exact) mass is 277 g/mol. The Kier molecular flexibility index (Phi) is 4.05. The molecule has 1 aromatic rings. The zero-order valence-electron chi connectivity index (χ0n) is 11.9. The van der Waals surface area contributed by atoms with E-state index in [1.165, 1.54) is 31.4 Å². The summed E-state index contributed by atoms with van der Waals surface area (Å²) in [4.78, 5) is 17.4. The van der Waals surface area contributed by atoms with E-state index in [9.17, 15) is 4.79 Å². The molecule has 0 radical (unpaired) electrons. The first kappa shape index (κ1) is 13.6. The molecule has 3 rings (SSSR count). The summed E-state index contributed by atoms with van der Waals surface area (Å²) in [6.45, 7) is 3.11. The van der Waals surface area contributed by atoms with E-state index in [2.05, 4.69) is 14.5 Å². The van der Waals surface area contributed by atoms with Crippen molar-refractivity contribution >= 4 is 5.97 Å². The largest absolute Gasteiger partial charge is 0.481 e. The minimum Gasteiger partial charge on any atom is -0.481 e. The highest BCUT2D eigenvalue weighted by Gasteiger charge is 2.27. The zero-order chi connectivity index (χ0) is 13.9. The number of hydrogen-bond donors (Lipinski definition) is 1. The Morgan fingerprint density at radius 2 is 2.25 bits per heavy atom. The Hall–Kier alpha value is -1.36. The van der Waals surface area contributed by atoms with E-state index >= 15 is 0 Å². The number of rotatable bonds is 6. The standard InChI is InChI=1S/C15H23N3O2/c19-15(20)6-3-12-2-1-7-17(9-12)10-14-8-16-11-18(14)13-4-5-13/h8,11-13H,1-7,9-10H2,(H,19,20). The molecule has 5 heteroatoms. The number of nitrogens with zero attached hydrogens (tertiary/aromatic N) is 3. The molecule has 20 heavy (non-hydrogen) atoms. The predicted octanol–water partition coefficient (Wildman–Crippen LogP) is 2.29. The van der Waals surface area contributed by atoms with Crippen molar-refractivity contribution < 1.29 is 9.90 Å². The molecule has 1 aromatic heterocycles. The van der Waals surface area contributed by atoms with Gasteiger partial charge in [-0.2, -0.15) is 0 Å². The van der Waals surface area contributed by atoms with Gasteiger partial charge >= 0.3 is 5.97 Å². The van der Waals surface area contributed by atoms with Gasteiger partial charge in [-0.15, -0.1) is 0 Å². The number of aromatic nitrogens is 2. The smallest absolute Gasteiger partial charge is 0.303 e. The first-order valence-corrected chi connectivity index (χ1v) is 7.67. The summed E-state index contributed by atoms with van der Waals surface area (Å²) in [7, 11) is 0. The molecule has 1 aliphatic carbocycles. The van der Waals surface area contributed by atoms with Crippen LogP contribution >= 0.6 is 0 Å². The number of piperidine rings is 1. The van der Waals surface area contributed by atoms with Gasteiger partial charge in [0.05, 0.1) is 12.0 Å². The van der Waals surface area contributed by atoms with Crippen LogP contribution in [-0.4, -0.2) is 38.6 Å². The molecule has 1 atom stereocenters. The Bertz CT molecular complexity index is 467. The van der Waals surface area contributed by atoms with Crippen molar-refractivity contribution in [1.82, 2.24) is 14.5 Å². The van der Waals surface area contributed by atoms with Gasteiger partial charge in [0, 0.05) is 31.7 Å². The third-order valence-electron chi connectivity index (χ3n) is 4.44. The molecular formula is C15H23N3O2. The SMILES string of the molecule is O=C(O)CCC1CCCN(Cc2cncn2C2CC2)C1. The van der Waals surface area contributed by atoms with Crippen LogP contribution in [0.15, 0.2) is 12.5 Å². The lowest BCUT2D eigenvalue weighted by Crippen LogP contribution is -2.35. The summed E-state index contributed by atoms with van der Waals surface area (Å²) in [5.41, 5.74) is 1.31. The highest BCUT2D eigenvalue weighted by molar-refractivity contribution is 5.66. The minimum atomic E-state index is -0.672. The lowest BCUT2D eigenvalue weighted by molar-refractivity contribution is -0.137. The fraction of sp³-hybridized carbons (Fsp3) is 0.733. The summed E-state index contributed by atoms with van der Waals surface area (Å²) >= 11 is 0. The number of aliphatic carboxylic acids is 1. The molecular weight excluding hydrogens is 254 g/mol. The summed E-state index contributed by atoms with van der Waals surface area (Å²) in [6, 6.07) is 0.681. The quantitative estimate of drug-likeness (QED) is 0.866. The number of imidazole rings is 1. The van der Waals surface area contributed by atoms with E-state index in [0.717, 1.165) is 26.1 Å². The number of carboxylic acids is 1. The summed E-state index contributed by atoms with van der Waals surface area (Å²) in [6.07, 6.45) is 9.98. The fourth-order valence-electron chi connectivity index (χ4n) is 3.22. The van der Waals surface area contributed by atoms with Crippen LogP contribution in [0.4, 0.5) is 0 Å². The fourth-order valence-corrected chi connectivity index (χ4v) is 3.22. The van der Waals surface area contributed by atoms with Gasteiger partial charge in [0.25, 0.3) is 0 Å². The lowest BCUT2D eigenvalue weighted by Gasteiger charge is -2.32. The van der Waals surface area contributed by atoms with E-state index in [0.29, 0.717) is 18.4 Å². The van der Waals surface area contributed by atoms with Crippen LogP contribution in [0.3, 0.4) is 0 Å². The Morgan fingerprint density at radius 3 is 3.00 bits per heavy atom. The second-order valence-electron chi connectivity index (χ2n) is 6.20. The average Bonchev–Trinajstić information content (AvgIpc) is 3.18. The second kappa shape index (κ2) is 5.95. The van der Waals surface area contributed by atoms with Crippen molar-refractivity contribution in [2.24, 2.45) is 5.92 Å². The summed E-state index contributed by atoms with van der Waals surface area (Å²) < 4.78 is 2.32. The highest BCUT2D eigenvalue weighted by atomic mass is 16.4. The highest BCUT2D eigenvalue weighted by Crippen LogP contribution is 2.36. The Balaban J connectivity index is 1.54. The third-order valence-corrected chi connectivity index (χ3v) is 4.44. The molecule has 2 heterocycles. The van der Waals surface area contributed by atoms with Gasteiger partial charge in [0.2, 0.25) is 0 Å². The number of hydrogen-bond acceptors (Lipinski definition) is 3. The minimum absolute atomic E-state index is 0.304. The molecule has 0 amide bonds. The topological polar surface area (TPSA) is 58.4 Å². The van der Waals surface area contributed by atoms with Crippen molar-refractivity contribution in [2.75, 3.05) is 13.1 Å². The average molecular weight is 277 g/mol. The third kappa shape index (κ3) is 3.39. The maximum atomic E-state index is 10.7. The van der Waals surface area contributed by atoms with Crippen molar-refractivity contribution in [3.63, 3.8) is 0 Å². The van der Waals surface area contributed by atoms with Crippen LogP contribution in [0.5, 0.6) is 0 Å². The van der Waals surface area contributed by atoms with Crippen LogP contribution in [-0.2, 0) is 11.3 Å². The van der Waals surface area contributed by atoms with Crippen molar-refractivity contribution in [3.05, 3.63) is 18.2 Å². The van der Waals surface area contributed by atoms with Crippen LogP contribution in [0.25, 0.3) is 0 Å². The Morgan fingerprint density at radius 1 is 1.40 bits per heavy atom. The molecule has 1 unspecified atom stereocenters. The first-order valence-electron chi connectivity index (χ1n) is 7.67. The van der Waals surface area contributed by atoms with Crippen LogP contribution in [0.2, 0.25) is 0 Å². The summed E-state index contributed by atoms with van der Waals surface area (Å²) in [5, 5.41) is 8.80. The maximum absolute atomic E-state index is 10.7. The second-order valence-corrected chi connectivity index (χ2v) is 6.20. The molecule has 5 nitrogen and oxygen atoms in total. The normalized spacial score (nSPS) is 23.9. The lowest BCUT2D eigenvalue weighted by atomic mass is 9.93. The van der Waals surface area contributed by atoms with Gasteiger partial charge in [0.1, 0.15) is 0 Å². The van der Waals surface area contributed by atoms with Gasteiger partial charge in [-0.25, -0.2) is 4.98 Å². The zero-order valence-corrected chi connectivity index (χ0v) is 11.9. The molecule has 2 aliphatic rings. The predicted molar refractivity (Wildman–Crippen MR) is 75.4 cm³/mol. The van der Waals surface area contributed by atoms with Crippen LogP contribution in [0.1, 0.15) is 50.3 Å². The van der Waals surface area contributed by atoms with Gasteiger partial charge < -0.3 is 9.67 Å². The van der Waals surface area contributed by atoms with E-state index in [-0.39, 0.29) is 0 Å². The number of carbonyl (C=O) groups is 1. The molecule has 0 spiro atoms. The molecule has 0 bridgehead atoms. The molecule has 0 aromatic carbocycles. The number of likely N-dealkylation sites (tertiary alicyclic amines) is 1. The van der Waals surface area contributed by atoms with Gasteiger partial charge in [-0.3, -0.25) is 9.69 Å². The van der Waals surface area contributed by atoms with Crippen LogP contribution in [0, 0.1) is 5.92 Å². The molecule has 110 valence electrons. The van der Waals surface area contributed by atoms with Crippen molar-refractivity contribution in [2.45, 2.75) is 51.1 Å². The van der Waals surface area contributed by atoms with E-state index in [1.807, 2.05) is 12.5 Å². The van der Waals surface area contributed by atoms with Crippen molar-refractivity contribution in [3.8, 4) is 0 Å². The molecule has 1 saturated carbocycles. The molecule has 1 N–H and O–H groups in total. The van der Waals surface area contributed by atoms with Gasteiger partial charge in [0.15, 0.2) is 0 Å². The summed E-state index contributed by atoms with van der Waals surface area (Å²) in [5.74, 6) is -0.133. The Labute approximate surface area is 119 Å². The van der Waals surface area contributed by atoms with E-state index < -0.39 is 5.97 Å². The molecule has 1 saturated heterocycles. The molecule has 1 aliphatic heterocycles. The number of carboxylic acid groups (broad SMARTS) is 1. The molecule has 2 fully saturated rings. The van der Waals surface area contributed by atoms with E-state index in [4.69, 9.17) is 5.11 Å². The van der Waals surface area contributed by atoms with E-state index in [1.54, 1.807) is 0 Å². The van der Waals surface area contributed by atoms with Crippen LogP contribution < -0.4 is 0 Å². The maximum Gasteiger partial charge on any atom is 0.303 e.